The quantitative estimate of drug-likeness (QED) is 0.346. The summed E-state index contributed by atoms with van der Waals surface area (Å²) < 4.78 is 80.7. The number of sulfonamides is 2. The Morgan fingerprint density at radius 3 is 2.30 bits per heavy atom. The molecule has 0 aromatic heterocycles. The van der Waals surface area contributed by atoms with E-state index in [-0.39, 0.29) is 52.4 Å². The minimum absolute atomic E-state index is 0.0252. The predicted molar refractivity (Wildman–Crippen MR) is 158 cm³/mol. The molecule has 0 fully saturated rings. The maximum Gasteiger partial charge on any atom is 0.261 e. The van der Waals surface area contributed by atoms with Gasteiger partial charge in [-0.2, -0.15) is 4.31 Å². The second kappa shape index (κ2) is 12.9. The average Bonchev–Trinajstić information content (AvgIpc) is 2.98. The Morgan fingerprint density at radius 2 is 1.70 bits per heavy atom. The minimum atomic E-state index is -4.11. The molecule has 11 nitrogen and oxygen atoms in total. The van der Waals surface area contributed by atoms with Gasteiger partial charge in [0.25, 0.3) is 15.9 Å². The van der Waals surface area contributed by atoms with Crippen LogP contribution in [0.1, 0.15) is 24.2 Å². The largest absolute Gasteiger partial charge is 0.497 e. The number of anilines is 1. The van der Waals surface area contributed by atoms with Crippen molar-refractivity contribution in [3.05, 3.63) is 78.1 Å². The first kappa shape index (κ1) is 32.2. The topological polar surface area (TPSA) is 143 Å². The molecule has 1 aliphatic heterocycles. The van der Waals surface area contributed by atoms with Crippen molar-refractivity contribution in [3.8, 4) is 11.5 Å². The van der Waals surface area contributed by atoms with E-state index in [2.05, 4.69) is 4.72 Å². The molecule has 1 amide bonds. The fourth-order valence-electron chi connectivity index (χ4n) is 4.61. The van der Waals surface area contributed by atoms with Gasteiger partial charge in [-0.1, -0.05) is 6.92 Å². The van der Waals surface area contributed by atoms with Gasteiger partial charge < -0.3 is 19.5 Å². The number of carbonyl (C=O) groups excluding carboxylic acids is 1. The third-order valence-corrected chi connectivity index (χ3v) is 10.5. The van der Waals surface area contributed by atoms with Crippen LogP contribution >= 0.6 is 0 Å². The molecule has 3 atom stereocenters. The number of methoxy groups -OCH3 is 1. The summed E-state index contributed by atoms with van der Waals surface area (Å²) in [5.74, 6) is -0.818. The van der Waals surface area contributed by atoms with E-state index >= 15 is 0 Å². The Bertz CT molecular complexity index is 1670. The smallest absolute Gasteiger partial charge is 0.261 e. The number of aliphatic hydroxyl groups excluding tert-OH is 1. The summed E-state index contributed by atoms with van der Waals surface area (Å²) in [4.78, 5) is 15.0. The van der Waals surface area contributed by atoms with Crippen LogP contribution in [0.3, 0.4) is 0 Å². The van der Waals surface area contributed by atoms with E-state index in [1.165, 1.54) is 53.7 Å². The van der Waals surface area contributed by atoms with Gasteiger partial charge in [-0.05, 0) is 73.7 Å². The third kappa shape index (κ3) is 7.09. The summed E-state index contributed by atoms with van der Waals surface area (Å²) in [5.41, 5.74) is 0.0816. The van der Waals surface area contributed by atoms with Crippen LogP contribution in [0.2, 0.25) is 0 Å². The van der Waals surface area contributed by atoms with Crippen LogP contribution in [0.15, 0.2) is 76.5 Å². The lowest BCUT2D eigenvalue weighted by molar-refractivity contribution is 0.0387. The van der Waals surface area contributed by atoms with E-state index in [0.717, 1.165) is 24.3 Å². The number of rotatable bonds is 10. The summed E-state index contributed by atoms with van der Waals surface area (Å²) in [7, 11) is -5.11. The van der Waals surface area contributed by atoms with Gasteiger partial charge in [0.05, 0.1) is 41.7 Å². The first-order chi connectivity index (χ1) is 20.3. The molecule has 0 saturated carbocycles. The monoisotopic (exact) mass is 635 g/mol. The first-order valence-electron chi connectivity index (χ1n) is 13.4. The van der Waals surface area contributed by atoms with E-state index in [0.29, 0.717) is 5.75 Å². The van der Waals surface area contributed by atoms with Crippen LogP contribution in [0.5, 0.6) is 11.5 Å². The minimum Gasteiger partial charge on any atom is -0.497 e. The highest BCUT2D eigenvalue weighted by molar-refractivity contribution is 7.92. The van der Waals surface area contributed by atoms with E-state index < -0.39 is 43.9 Å². The van der Waals surface area contributed by atoms with Gasteiger partial charge >= 0.3 is 0 Å². The summed E-state index contributed by atoms with van der Waals surface area (Å²) >= 11 is 0. The van der Waals surface area contributed by atoms with Gasteiger partial charge in [-0.15, -0.1) is 0 Å². The number of likely N-dealkylation sites (N-methyl/N-ethyl adjacent to an activating group) is 1. The maximum absolute atomic E-state index is 13.7. The zero-order valence-corrected chi connectivity index (χ0v) is 25.7. The Morgan fingerprint density at radius 1 is 1.07 bits per heavy atom. The van der Waals surface area contributed by atoms with Crippen LogP contribution in [-0.4, -0.2) is 83.1 Å². The molecular formula is C29H34FN3O8S2. The van der Waals surface area contributed by atoms with Gasteiger partial charge in [-0.3, -0.25) is 9.52 Å². The van der Waals surface area contributed by atoms with Crippen LogP contribution in [0.4, 0.5) is 10.1 Å². The Kier molecular flexibility index (Phi) is 9.64. The summed E-state index contributed by atoms with van der Waals surface area (Å²) in [6, 6.07) is 13.8. The van der Waals surface area contributed by atoms with Crippen molar-refractivity contribution in [1.82, 2.24) is 9.21 Å². The summed E-state index contributed by atoms with van der Waals surface area (Å²) in [5, 5.41) is 9.90. The second-order valence-corrected chi connectivity index (χ2v) is 14.1. The van der Waals surface area contributed by atoms with Crippen molar-refractivity contribution >= 4 is 31.6 Å². The number of carbonyl (C=O) groups is 1. The van der Waals surface area contributed by atoms with Crippen molar-refractivity contribution in [2.45, 2.75) is 35.8 Å². The van der Waals surface area contributed by atoms with Crippen LogP contribution in [-0.2, 0) is 20.0 Å². The molecule has 1 aliphatic rings. The molecular weight excluding hydrogens is 601 g/mol. The number of nitrogens with one attached hydrogen (secondary N) is 1. The van der Waals surface area contributed by atoms with E-state index in [1.54, 1.807) is 19.1 Å². The van der Waals surface area contributed by atoms with Crippen molar-refractivity contribution in [1.29, 1.82) is 0 Å². The number of ether oxygens (including phenoxy) is 2. The van der Waals surface area contributed by atoms with Crippen molar-refractivity contribution in [3.63, 3.8) is 0 Å². The van der Waals surface area contributed by atoms with Crippen molar-refractivity contribution in [2.24, 2.45) is 5.92 Å². The molecule has 0 bridgehead atoms. The molecule has 1 heterocycles. The normalized spacial score (nSPS) is 18.3. The number of nitrogens with zero attached hydrogens (tertiary/aromatic N) is 2. The van der Waals surface area contributed by atoms with Gasteiger partial charge in [0.1, 0.15) is 23.4 Å². The lowest BCUT2D eigenvalue weighted by Gasteiger charge is -2.38. The number of hydrogen-bond acceptors (Lipinski definition) is 8. The molecule has 0 unspecified atom stereocenters. The molecule has 0 aliphatic carbocycles. The van der Waals surface area contributed by atoms with Gasteiger partial charge in [0.15, 0.2) is 0 Å². The molecule has 43 heavy (non-hydrogen) atoms. The van der Waals surface area contributed by atoms with E-state index in [9.17, 15) is 31.1 Å². The Hall–Kier alpha value is -3.72. The van der Waals surface area contributed by atoms with Crippen LogP contribution in [0, 0.1) is 11.7 Å². The highest BCUT2D eigenvalue weighted by atomic mass is 32.2. The van der Waals surface area contributed by atoms with Crippen molar-refractivity contribution in [2.75, 3.05) is 38.6 Å². The molecule has 4 rings (SSSR count). The average molecular weight is 636 g/mol. The molecule has 232 valence electrons. The zero-order valence-electron chi connectivity index (χ0n) is 24.1. The maximum atomic E-state index is 13.7. The number of hydrogen-bond donors (Lipinski definition) is 2. The second-order valence-electron chi connectivity index (χ2n) is 10.4. The third-order valence-electron chi connectivity index (χ3n) is 7.25. The van der Waals surface area contributed by atoms with Crippen LogP contribution < -0.4 is 14.2 Å². The molecule has 0 spiro atoms. The van der Waals surface area contributed by atoms with Gasteiger partial charge in [-0.25, -0.2) is 21.2 Å². The number of halogens is 1. The van der Waals surface area contributed by atoms with E-state index in [4.69, 9.17) is 9.47 Å². The number of benzene rings is 3. The van der Waals surface area contributed by atoms with E-state index in [1.807, 2.05) is 6.92 Å². The lowest BCUT2D eigenvalue weighted by Crippen LogP contribution is -2.50. The van der Waals surface area contributed by atoms with Gasteiger partial charge in [0, 0.05) is 25.2 Å². The van der Waals surface area contributed by atoms with Gasteiger partial charge in [0.2, 0.25) is 10.0 Å². The first-order valence-corrected chi connectivity index (χ1v) is 16.3. The molecule has 14 heteroatoms. The summed E-state index contributed by atoms with van der Waals surface area (Å²) in [6.45, 7) is 3.22. The fourth-order valence-corrected chi connectivity index (χ4v) is 6.84. The summed E-state index contributed by atoms with van der Waals surface area (Å²) in [6.07, 6.45) is -0.722. The molecule has 3 aromatic carbocycles. The molecule has 0 saturated heterocycles. The zero-order chi connectivity index (χ0) is 31.5. The highest BCUT2D eigenvalue weighted by Gasteiger charge is 2.35. The standard InChI is InChI=1S/C29H34FN3O8S2/c1-19-16-33(20(2)18-34)29(35)26-15-22(31-42(36,37)24-10-5-21(30)6-11-24)7-14-27(26)41-28(19)17-32(3)43(38,39)25-12-8-23(40-4)9-13-25/h5-15,19-20,28,31,34H,16-18H2,1-4H3/t19-,20+,28-/m0/s1. The Balaban J connectivity index is 1.67. The van der Waals surface area contributed by atoms with Crippen LogP contribution in [0.25, 0.3) is 0 Å². The number of aliphatic hydroxyl groups is 1. The lowest BCUT2D eigenvalue weighted by atomic mass is 9.99. The molecule has 2 N–H and O–H groups in total. The highest BCUT2D eigenvalue weighted by Crippen LogP contribution is 2.32. The van der Waals surface area contributed by atoms with Crippen molar-refractivity contribution < 1.29 is 40.6 Å². The predicted octanol–water partition coefficient (Wildman–Crippen LogP) is 3.18. The molecule has 3 aromatic rings. The Labute approximate surface area is 250 Å². The number of amides is 1. The molecule has 0 radical (unpaired) electrons. The number of fused-ring (bicyclic) bond motifs is 1. The fraction of sp³-hybridized carbons (Fsp3) is 0.345. The SMILES string of the molecule is COc1ccc(S(=O)(=O)N(C)C[C@@H]2Oc3ccc(NS(=O)(=O)c4ccc(F)cc4)cc3C(=O)N([C@H](C)CO)C[C@@H]2C)cc1.